The SMILES string of the molecule is CC/C=C(/[C@@H](NC(=O)C(Cl)(Cl)Cl)c1ccccc1)[S@@](=O)c1ccc(C)cc1. The number of carbonyl (C=O) groups excluding carboxylic acids is 1. The molecule has 0 fully saturated rings. The molecule has 1 amide bonds. The highest BCUT2D eigenvalue weighted by Crippen LogP contribution is 2.32. The number of amides is 1. The van der Waals surface area contributed by atoms with Gasteiger partial charge in [0, 0.05) is 9.80 Å². The molecule has 2 rings (SSSR count). The molecular formula is C20H20Cl3NO2S. The van der Waals surface area contributed by atoms with E-state index in [1.54, 1.807) is 0 Å². The standard InChI is InChI=1S/C20H20Cl3NO2S/c1-3-7-17(27(26)16-12-10-14(2)11-13-16)18(15-8-5-4-6-9-15)24-19(25)20(21,22)23/h4-13,18H,3H2,1-2H3,(H,24,25)/b17-7-/t18-,27-/m0/s1. The van der Waals surface area contributed by atoms with Crippen molar-refractivity contribution >= 4 is 51.5 Å². The molecule has 0 heterocycles. The summed E-state index contributed by atoms with van der Waals surface area (Å²) in [6.07, 6.45) is 2.48. The van der Waals surface area contributed by atoms with E-state index >= 15 is 0 Å². The van der Waals surface area contributed by atoms with Crippen molar-refractivity contribution in [1.29, 1.82) is 0 Å². The quantitative estimate of drug-likeness (QED) is 0.587. The molecule has 0 saturated carbocycles. The van der Waals surface area contributed by atoms with Gasteiger partial charge < -0.3 is 5.32 Å². The summed E-state index contributed by atoms with van der Waals surface area (Å²) in [7, 11) is -1.49. The van der Waals surface area contributed by atoms with Crippen LogP contribution in [0.5, 0.6) is 0 Å². The first kappa shape index (κ1) is 22.0. The Kier molecular flexibility index (Phi) is 7.92. The Morgan fingerprint density at radius 1 is 1.11 bits per heavy atom. The maximum Gasteiger partial charge on any atom is 0.272 e. The van der Waals surface area contributed by atoms with Crippen LogP contribution in [0, 0.1) is 6.92 Å². The topological polar surface area (TPSA) is 46.2 Å². The van der Waals surface area contributed by atoms with Crippen LogP contribution in [0.15, 0.2) is 70.5 Å². The van der Waals surface area contributed by atoms with Gasteiger partial charge in [0.15, 0.2) is 0 Å². The smallest absolute Gasteiger partial charge is 0.272 e. The van der Waals surface area contributed by atoms with E-state index in [4.69, 9.17) is 34.8 Å². The molecule has 0 aliphatic carbocycles. The van der Waals surface area contributed by atoms with Gasteiger partial charge in [-0.15, -0.1) is 0 Å². The van der Waals surface area contributed by atoms with Crippen molar-refractivity contribution < 1.29 is 9.00 Å². The van der Waals surface area contributed by atoms with Crippen molar-refractivity contribution in [3.63, 3.8) is 0 Å². The summed E-state index contributed by atoms with van der Waals surface area (Å²) >= 11 is 17.2. The molecule has 2 aromatic rings. The third kappa shape index (κ3) is 6.08. The number of hydrogen-bond donors (Lipinski definition) is 1. The number of aryl methyl sites for hydroxylation is 1. The van der Waals surface area contributed by atoms with Gasteiger partial charge >= 0.3 is 0 Å². The molecule has 7 heteroatoms. The molecule has 3 nitrogen and oxygen atoms in total. The third-order valence-electron chi connectivity index (χ3n) is 3.80. The first-order valence-electron chi connectivity index (χ1n) is 8.35. The molecule has 0 radical (unpaired) electrons. The van der Waals surface area contributed by atoms with Gasteiger partial charge in [-0.1, -0.05) is 95.8 Å². The van der Waals surface area contributed by atoms with Crippen molar-refractivity contribution in [1.82, 2.24) is 5.32 Å². The van der Waals surface area contributed by atoms with Crippen LogP contribution in [0.2, 0.25) is 0 Å². The van der Waals surface area contributed by atoms with E-state index in [9.17, 15) is 9.00 Å². The predicted octanol–water partition coefficient (Wildman–Crippen LogP) is 5.62. The van der Waals surface area contributed by atoms with Crippen LogP contribution in [0.25, 0.3) is 0 Å². The van der Waals surface area contributed by atoms with Crippen molar-refractivity contribution in [3.05, 3.63) is 76.7 Å². The van der Waals surface area contributed by atoms with Gasteiger partial charge in [0.05, 0.1) is 16.8 Å². The highest BCUT2D eigenvalue weighted by Gasteiger charge is 2.34. The summed E-state index contributed by atoms with van der Waals surface area (Å²) in [5, 5.41) is 2.72. The number of allylic oxidation sites excluding steroid dienone is 1. The van der Waals surface area contributed by atoms with Crippen LogP contribution in [0.3, 0.4) is 0 Å². The lowest BCUT2D eigenvalue weighted by atomic mass is 10.1. The minimum absolute atomic E-state index is 0.537. The number of hydrogen-bond acceptors (Lipinski definition) is 2. The Morgan fingerprint density at radius 2 is 1.70 bits per heavy atom. The fourth-order valence-corrected chi connectivity index (χ4v) is 4.02. The molecule has 0 aliphatic rings. The summed E-state index contributed by atoms with van der Waals surface area (Å²) in [6.45, 7) is 3.90. The van der Waals surface area contributed by atoms with Gasteiger partial charge in [0.25, 0.3) is 9.70 Å². The van der Waals surface area contributed by atoms with Crippen LogP contribution in [0.1, 0.15) is 30.5 Å². The molecule has 0 unspecified atom stereocenters. The average molecular weight is 445 g/mol. The Hall–Kier alpha value is -1.33. The van der Waals surface area contributed by atoms with Crippen molar-refractivity contribution in [2.75, 3.05) is 0 Å². The Labute approximate surface area is 177 Å². The first-order valence-corrected chi connectivity index (χ1v) is 10.6. The van der Waals surface area contributed by atoms with E-state index in [1.807, 2.05) is 74.5 Å². The average Bonchev–Trinajstić information content (AvgIpc) is 2.64. The molecule has 0 aliphatic heterocycles. The van der Waals surface area contributed by atoms with Crippen LogP contribution in [-0.4, -0.2) is 13.9 Å². The molecule has 1 N–H and O–H groups in total. The van der Waals surface area contributed by atoms with Gasteiger partial charge in [0.2, 0.25) is 0 Å². The normalized spacial score (nSPS) is 14.5. The zero-order valence-corrected chi connectivity index (χ0v) is 18.0. The van der Waals surface area contributed by atoms with E-state index in [0.29, 0.717) is 16.2 Å². The molecule has 2 atom stereocenters. The number of alkyl halides is 3. The maximum atomic E-state index is 13.3. The summed E-state index contributed by atoms with van der Waals surface area (Å²) < 4.78 is 11.2. The van der Waals surface area contributed by atoms with Crippen LogP contribution < -0.4 is 5.32 Å². The number of halogens is 3. The van der Waals surface area contributed by atoms with E-state index in [1.165, 1.54) is 0 Å². The highest BCUT2D eigenvalue weighted by atomic mass is 35.6. The number of benzene rings is 2. The summed E-state index contributed by atoms with van der Waals surface area (Å²) in [4.78, 5) is 13.5. The molecule has 2 aromatic carbocycles. The van der Waals surface area contributed by atoms with Gasteiger partial charge in [-0.05, 0) is 31.0 Å². The Morgan fingerprint density at radius 3 is 2.22 bits per heavy atom. The second-order valence-electron chi connectivity index (χ2n) is 5.91. The minimum Gasteiger partial charge on any atom is -0.341 e. The Bertz CT molecular complexity index is 831. The third-order valence-corrected chi connectivity index (χ3v) is 5.85. The maximum absolute atomic E-state index is 13.3. The fraction of sp³-hybridized carbons (Fsp3) is 0.250. The molecular weight excluding hydrogens is 425 g/mol. The molecule has 27 heavy (non-hydrogen) atoms. The van der Waals surface area contributed by atoms with Crippen molar-refractivity contribution in [2.45, 2.75) is 35.0 Å². The highest BCUT2D eigenvalue weighted by molar-refractivity contribution is 7.89. The van der Waals surface area contributed by atoms with Crippen molar-refractivity contribution in [3.8, 4) is 0 Å². The molecule has 144 valence electrons. The second-order valence-corrected chi connectivity index (χ2v) is 9.67. The summed E-state index contributed by atoms with van der Waals surface area (Å²) in [5.74, 6) is -0.774. The van der Waals surface area contributed by atoms with Gasteiger partial charge in [0.1, 0.15) is 0 Å². The van der Waals surface area contributed by atoms with E-state index in [0.717, 1.165) is 11.1 Å². The lowest BCUT2D eigenvalue weighted by Crippen LogP contribution is -2.38. The van der Waals surface area contributed by atoms with E-state index in [2.05, 4.69) is 5.32 Å². The van der Waals surface area contributed by atoms with E-state index in [-0.39, 0.29) is 0 Å². The Balaban J connectivity index is 2.48. The summed E-state index contributed by atoms with van der Waals surface area (Å²) in [6, 6.07) is 15.9. The lowest BCUT2D eigenvalue weighted by molar-refractivity contribution is -0.120. The zero-order valence-electron chi connectivity index (χ0n) is 14.9. The van der Waals surface area contributed by atoms with Gasteiger partial charge in [-0.2, -0.15) is 0 Å². The largest absolute Gasteiger partial charge is 0.341 e. The summed E-state index contributed by atoms with van der Waals surface area (Å²) in [5.41, 5.74) is 1.82. The second kappa shape index (κ2) is 9.74. The van der Waals surface area contributed by atoms with Crippen LogP contribution >= 0.6 is 34.8 Å². The number of carbonyl (C=O) groups is 1. The van der Waals surface area contributed by atoms with Gasteiger partial charge in [-0.25, -0.2) is 4.21 Å². The fourth-order valence-electron chi connectivity index (χ4n) is 2.48. The predicted molar refractivity (Wildman–Crippen MR) is 114 cm³/mol. The van der Waals surface area contributed by atoms with Crippen LogP contribution in [-0.2, 0) is 15.6 Å². The molecule has 0 spiro atoms. The molecule has 0 aromatic heterocycles. The molecule has 0 bridgehead atoms. The van der Waals surface area contributed by atoms with Gasteiger partial charge in [-0.3, -0.25) is 4.79 Å². The minimum atomic E-state index is -2.12. The number of nitrogens with one attached hydrogen (secondary N) is 1. The van der Waals surface area contributed by atoms with Crippen molar-refractivity contribution in [2.24, 2.45) is 0 Å². The molecule has 0 saturated heterocycles. The lowest BCUT2D eigenvalue weighted by Gasteiger charge is -2.24. The number of rotatable bonds is 6. The van der Waals surface area contributed by atoms with E-state index < -0.39 is 26.5 Å². The monoisotopic (exact) mass is 443 g/mol. The first-order chi connectivity index (χ1) is 12.7. The van der Waals surface area contributed by atoms with Crippen LogP contribution in [0.4, 0.5) is 0 Å². The zero-order chi connectivity index (χ0) is 20.0.